The molecule has 0 radical (unpaired) electrons. The Hall–Kier alpha value is -2.96. The van der Waals surface area contributed by atoms with Gasteiger partial charge in [0.05, 0.1) is 18.4 Å². The van der Waals surface area contributed by atoms with Crippen LogP contribution in [0.5, 0.6) is 0 Å². The highest BCUT2D eigenvalue weighted by atomic mass is 16.5. The van der Waals surface area contributed by atoms with Crippen LogP contribution in [0.3, 0.4) is 0 Å². The van der Waals surface area contributed by atoms with Gasteiger partial charge in [-0.3, -0.25) is 4.79 Å². The molecule has 0 bridgehead atoms. The second-order valence-corrected chi connectivity index (χ2v) is 5.51. The first-order valence-electron chi connectivity index (χ1n) is 7.51. The van der Waals surface area contributed by atoms with Gasteiger partial charge in [-0.1, -0.05) is 12.1 Å². The number of para-hydroxylation sites is 1. The van der Waals surface area contributed by atoms with Crippen molar-refractivity contribution in [2.45, 2.75) is 26.8 Å². The van der Waals surface area contributed by atoms with Crippen molar-refractivity contribution in [2.75, 3.05) is 17.7 Å². The lowest BCUT2D eigenvalue weighted by Gasteiger charge is -2.12. The van der Waals surface area contributed by atoms with Crippen LogP contribution in [-0.2, 0) is 4.74 Å². The summed E-state index contributed by atoms with van der Waals surface area (Å²) in [7, 11) is 1.29. The summed E-state index contributed by atoms with van der Waals surface area (Å²) in [5.41, 5.74) is 1.52. The van der Waals surface area contributed by atoms with E-state index in [1.54, 1.807) is 37.3 Å². The zero-order chi connectivity index (χ0) is 17.7. The van der Waals surface area contributed by atoms with Crippen LogP contribution in [-0.4, -0.2) is 35.0 Å². The van der Waals surface area contributed by atoms with Gasteiger partial charge in [0.2, 0.25) is 5.95 Å². The van der Waals surface area contributed by atoms with Crippen molar-refractivity contribution in [3.8, 4) is 0 Å². The van der Waals surface area contributed by atoms with Gasteiger partial charge in [-0.25, -0.2) is 14.8 Å². The summed E-state index contributed by atoms with van der Waals surface area (Å²) in [4.78, 5) is 32.7. The third-order valence-corrected chi connectivity index (χ3v) is 3.09. The van der Waals surface area contributed by atoms with Crippen molar-refractivity contribution in [3.05, 3.63) is 47.3 Å². The number of rotatable bonds is 5. The number of anilines is 2. The van der Waals surface area contributed by atoms with Crippen molar-refractivity contribution in [3.63, 3.8) is 0 Å². The number of aryl methyl sites for hydroxylation is 1. The fraction of sp³-hybridized carbons (Fsp3) is 0.294. The minimum atomic E-state index is -0.521. The monoisotopic (exact) mass is 328 g/mol. The fourth-order valence-electron chi connectivity index (χ4n) is 2.07. The lowest BCUT2D eigenvalue weighted by atomic mass is 10.1. The molecule has 0 atom stereocenters. The van der Waals surface area contributed by atoms with Crippen LogP contribution in [0.4, 0.5) is 11.6 Å². The highest BCUT2D eigenvalue weighted by Crippen LogP contribution is 2.17. The Morgan fingerprint density at radius 2 is 1.88 bits per heavy atom. The van der Waals surface area contributed by atoms with Gasteiger partial charge in [-0.15, -0.1) is 0 Å². The minimum absolute atomic E-state index is 0.141. The first-order valence-corrected chi connectivity index (χ1v) is 7.51. The van der Waals surface area contributed by atoms with E-state index in [-0.39, 0.29) is 17.3 Å². The Labute approximate surface area is 140 Å². The van der Waals surface area contributed by atoms with Gasteiger partial charge in [0.1, 0.15) is 5.69 Å². The maximum Gasteiger partial charge on any atom is 0.339 e. The molecule has 1 aromatic carbocycles. The van der Waals surface area contributed by atoms with Crippen LogP contribution >= 0.6 is 0 Å². The van der Waals surface area contributed by atoms with Crippen molar-refractivity contribution in [1.29, 1.82) is 0 Å². The van der Waals surface area contributed by atoms with E-state index in [1.165, 1.54) is 7.11 Å². The molecule has 7 nitrogen and oxygen atoms in total. The van der Waals surface area contributed by atoms with Crippen LogP contribution in [0.2, 0.25) is 0 Å². The molecule has 0 unspecified atom stereocenters. The number of carbonyl (C=O) groups is 2. The summed E-state index contributed by atoms with van der Waals surface area (Å²) < 4.78 is 4.72. The van der Waals surface area contributed by atoms with Crippen molar-refractivity contribution < 1.29 is 14.3 Å². The largest absolute Gasteiger partial charge is 0.465 e. The quantitative estimate of drug-likeness (QED) is 0.820. The molecule has 0 fully saturated rings. The van der Waals surface area contributed by atoms with E-state index in [0.717, 1.165) is 0 Å². The molecule has 0 saturated carbocycles. The second kappa shape index (κ2) is 7.54. The zero-order valence-electron chi connectivity index (χ0n) is 14.1. The number of carbonyl (C=O) groups excluding carboxylic acids is 2. The maximum atomic E-state index is 12.5. The molecule has 1 heterocycles. The molecule has 0 aliphatic rings. The summed E-state index contributed by atoms with van der Waals surface area (Å²) in [6.07, 6.45) is 0. The molecule has 2 N–H and O–H groups in total. The first-order chi connectivity index (χ1) is 11.4. The van der Waals surface area contributed by atoms with Crippen LogP contribution in [0.1, 0.15) is 40.4 Å². The van der Waals surface area contributed by atoms with E-state index in [4.69, 9.17) is 4.74 Å². The Morgan fingerprint density at radius 3 is 2.54 bits per heavy atom. The van der Waals surface area contributed by atoms with Crippen LogP contribution < -0.4 is 10.6 Å². The number of esters is 1. The Morgan fingerprint density at radius 1 is 1.17 bits per heavy atom. The normalized spacial score (nSPS) is 10.4. The van der Waals surface area contributed by atoms with Crippen LogP contribution in [0.25, 0.3) is 0 Å². The van der Waals surface area contributed by atoms with Gasteiger partial charge < -0.3 is 15.4 Å². The number of ether oxygens (including phenoxy) is 1. The van der Waals surface area contributed by atoms with E-state index < -0.39 is 11.9 Å². The molecule has 0 aliphatic carbocycles. The summed E-state index contributed by atoms with van der Waals surface area (Å²) in [6, 6.07) is 8.36. The molecule has 7 heteroatoms. The topological polar surface area (TPSA) is 93.2 Å². The molecular formula is C17H20N4O3. The maximum absolute atomic E-state index is 12.5. The predicted octanol–water partition coefficient (Wildman–Crippen LogP) is 2.64. The molecule has 2 aromatic rings. The summed E-state index contributed by atoms with van der Waals surface area (Å²) in [6.45, 7) is 5.70. The van der Waals surface area contributed by atoms with E-state index >= 15 is 0 Å². The first kappa shape index (κ1) is 17.4. The standard InChI is InChI=1S/C17H20N4O3/c1-10(2)18-17-19-11(3)9-14(21-17)15(22)20-13-8-6-5-7-12(13)16(23)24-4/h5-10H,1-4H3,(H,20,22)(H,18,19,21). The number of amides is 1. The molecule has 1 amide bonds. The highest BCUT2D eigenvalue weighted by Gasteiger charge is 2.16. The van der Waals surface area contributed by atoms with Gasteiger partial charge in [-0.2, -0.15) is 0 Å². The summed E-state index contributed by atoms with van der Waals surface area (Å²) in [5, 5.41) is 5.76. The molecule has 24 heavy (non-hydrogen) atoms. The number of benzene rings is 1. The van der Waals surface area contributed by atoms with E-state index in [9.17, 15) is 9.59 Å². The lowest BCUT2D eigenvalue weighted by Crippen LogP contribution is -2.19. The minimum Gasteiger partial charge on any atom is -0.465 e. The Kier molecular flexibility index (Phi) is 5.47. The van der Waals surface area contributed by atoms with E-state index in [0.29, 0.717) is 17.3 Å². The predicted molar refractivity (Wildman–Crippen MR) is 91.3 cm³/mol. The molecular weight excluding hydrogens is 308 g/mol. The van der Waals surface area contributed by atoms with E-state index in [1.807, 2.05) is 13.8 Å². The number of nitrogens with zero attached hydrogens (tertiary/aromatic N) is 2. The average Bonchev–Trinajstić information content (AvgIpc) is 2.53. The number of methoxy groups -OCH3 is 1. The number of aromatic nitrogens is 2. The van der Waals surface area contributed by atoms with E-state index in [2.05, 4.69) is 20.6 Å². The molecule has 0 saturated heterocycles. The lowest BCUT2D eigenvalue weighted by molar-refractivity contribution is 0.0602. The molecule has 0 spiro atoms. The van der Waals surface area contributed by atoms with Gasteiger partial charge >= 0.3 is 5.97 Å². The van der Waals surface area contributed by atoms with Crippen molar-refractivity contribution >= 4 is 23.5 Å². The van der Waals surface area contributed by atoms with Gasteiger partial charge in [0.25, 0.3) is 5.91 Å². The molecule has 0 aliphatic heterocycles. The highest BCUT2D eigenvalue weighted by molar-refractivity contribution is 6.07. The smallest absolute Gasteiger partial charge is 0.339 e. The molecule has 2 rings (SSSR count). The van der Waals surface area contributed by atoms with Crippen LogP contribution in [0.15, 0.2) is 30.3 Å². The summed E-state index contributed by atoms with van der Waals surface area (Å²) >= 11 is 0. The second-order valence-electron chi connectivity index (χ2n) is 5.51. The number of nitrogens with one attached hydrogen (secondary N) is 2. The average molecular weight is 328 g/mol. The number of hydrogen-bond acceptors (Lipinski definition) is 6. The number of hydrogen-bond donors (Lipinski definition) is 2. The summed E-state index contributed by atoms with van der Waals surface area (Å²) in [5.74, 6) is -0.563. The Bertz CT molecular complexity index is 759. The molecule has 1 aromatic heterocycles. The SMILES string of the molecule is COC(=O)c1ccccc1NC(=O)c1cc(C)nc(NC(C)C)n1. The zero-order valence-corrected chi connectivity index (χ0v) is 14.1. The Balaban J connectivity index is 2.28. The van der Waals surface area contributed by atoms with Crippen molar-refractivity contribution in [2.24, 2.45) is 0 Å². The van der Waals surface area contributed by atoms with Gasteiger partial charge in [0.15, 0.2) is 0 Å². The third kappa shape index (κ3) is 4.28. The van der Waals surface area contributed by atoms with Crippen LogP contribution in [0, 0.1) is 6.92 Å². The third-order valence-electron chi connectivity index (χ3n) is 3.09. The van der Waals surface area contributed by atoms with Gasteiger partial charge in [-0.05, 0) is 39.0 Å². The van der Waals surface area contributed by atoms with Crippen molar-refractivity contribution in [1.82, 2.24) is 9.97 Å². The molecule has 126 valence electrons. The van der Waals surface area contributed by atoms with Gasteiger partial charge in [0, 0.05) is 11.7 Å². The fourth-order valence-corrected chi connectivity index (χ4v) is 2.07.